The Morgan fingerprint density at radius 2 is 1.92 bits per heavy atom. The van der Waals surface area contributed by atoms with Crippen molar-refractivity contribution in [3.05, 3.63) is 77.2 Å². The van der Waals surface area contributed by atoms with Crippen LogP contribution in [0.2, 0.25) is 0 Å². The highest BCUT2D eigenvalue weighted by atomic mass is 32.1. The van der Waals surface area contributed by atoms with E-state index in [1.54, 1.807) is 29.1 Å². The summed E-state index contributed by atoms with van der Waals surface area (Å²) in [5.74, 6) is 0.374. The van der Waals surface area contributed by atoms with Gasteiger partial charge in [0, 0.05) is 23.5 Å². The van der Waals surface area contributed by atoms with Crippen molar-refractivity contribution in [2.45, 2.75) is 20.4 Å². The molecule has 0 unspecified atom stereocenters. The summed E-state index contributed by atoms with van der Waals surface area (Å²) in [5, 5.41) is 11.1. The Labute approximate surface area is 151 Å². The summed E-state index contributed by atoms with van der Waals surface area (Å²) in [4.78, 5) is 0. The SMILES string of the molecule is Cc1ccc(C)c(NC(=S)Nc2ccn(Cc3ccccc3F)n2)c1. The quantitative estimate of drug-likeness (QED) is 0.677. The topological polar surface area (TPSA) is 41.9 Å². The van der Waals surface area contributed by atoms with Crippen molar-refractivity contribution in [2.24, 2.45) is 0 Å². The lowest BCUT2D eigenvalue weighted by atomic mass is 10.1. The van der Waals surface area contributed by atoms with Crippen molar-refractivity contribution in [1.29, 1.82) is 0 Å². The summed E-state index contributed by atoms with van der Waals surface area (Å²) in [6.07, 6.45) is 1.79. The van der Waals surface area contributed by atoms with Crippen molar-refractivity contribution in [3.63, 3.8) is 0 Å². The molecule has 3 rings (SSSR count). The fraction of sp³-hybridized carbons (Fsp3) is 0.158. The summed E-state index contributed by atoms with van der Waals surface area (Å²) in [6.45, 7) is 4.42. The van der Waals surface area contributed by atoms with Crippen molar-refractivity contribution in [1.82, 2.24) is 9.78 Å². The van der Waals surface area contributed by atoms with Crippen LogP contribution >= 0.6 is 12.2 Å². The predicted molar refractivity (Wildman–Crippen MR) is 103 cm³/mol. The molecule has 2 N–H and O–H groups in total. The molecule has 0 amide bonds. The molecule has 128 valence electrons. The Balaban J connectivity index is 1.64. The molecule has 0 aliphatic carbocycles. The van der Waals surface area contributed by atoms with E-state index >= 15 is 0 Å². The molecule has 0 saturated heterocycles. The molecule has 2 aromatic carbocycles. The van der Waals surface area contributed by atoms with Gasteiger partial charge >= 0.3 is 0 Å². The van der Waals surface area contributed by atoms with Crippen LogP contribution in [-0.4, -0.2) is 14.9 Å². The fourth-order valence-corrected chi connectivity index (χ4v) is 2.67. The Hall–Kier alpha value is -2.73. The molecule has 3 aromatic rings. The first-order valence-corrected chi connectivity index (χ1v) is 8.34. The fourth-order valence-electron chi connectivity index (χ4n) is 2.46. The Kier molecular flexibility index (Phi) is 5.09. The van der Waals surface area contributed by atoms with E-state index in [4.69, 9.17) is 12.2 Å². The van der Waals surface area contributed by atoms with Gasteiger partial charge in [0.25, 0.3) is 0 Å². The number of halogens is 1. The molecule has 1 aromatic heterocycles. The predicted octanol–water partition coefficient (Wildman–Crippen LogP) is 4.50. The molecule has 0 radical (unpaired) electrons. The van der Waals surface area contributed by atoms with Crippen LogP contribution in [0.25, 0.3) is 0 Å². The zero-order valence-corrected chi connectivity index (χ0v) is 14.9. The highest BCUT2D eigenvalue weighted by Crippen LogP contribution is 2.17. The van der Waals surface area contributed by atoms with Gasteiger partial charge in [0.15, 0.2) is 10.9 Å². The second-order valence-corrected chi connectivity index (χ2v) is 6.30. The van der Waals surface area contributed by atoms with E-state index in [0.29, 0.717) is 23.0 Å². The summed E-state index contributed by atoms with van der Waals surface area (Å²) in [6, 6.07) is 14.6. The van der Waals surface area contributed by atoms with E-state index in [-0.39, 0.29) is 5.82 Å². The van der Waals surface area contributed by atoms with Crippen molar-refractivity contribution < 1.29 is 4.39 Å². The van der Waals surface area contributed by atoms with Gasteiger partial charge in [0.2, 0.25) is 0 Å². The van der Waals surface area contributed by atoms with E-state index in [1.165, 1.54) is 6.07 Å². The molecule has 25 heavy (non-hydrogen) atoms. The monoisotopic (exact) mass is 354 g/mol. The minimum Gasteiger partial charge on any atom is -0.332 e. The van der Waals surface area contributed by atoms with Crippen LogP contribution in [0.15, 0.2) is 54.7 Å². The normalized spacial score (nSPS) is 10.5. The Morgan fingerprint density at radius 3 is 2.72 bits per heavy atom. The number of nitrogens with zero attached hydrogens (tertiary/aromatic N) is 2. The average Bonchev–Trinajstić information content (AvgIpc) is 3.00. The summed E-state index contributed by atoms with van der Waals surface area (Å²) < 4.78 is 15.4. The molecule has 0 saturated carbocycles. The largest absolute Gasteiger partial charge is 0.332 e. The first kappa shape index (κ1) is 17.1. The first-order valence-electron chi connectivity index (χ1n) is 7.93. The second kappa shape index (κ2) is 7.44. The minimum absolute atomic E-state index is 0.236. The van der Waals surface area contributed by atoms with Gasteiger partial charge in [-0.3, -0.25) is 4.68 Å². The number of aromatic nitrogens is 2. The van der Waals surface area contributed by atoms with Gasteiger partial charge in [0.05, 0.1) is 6.54 Å². The van der Waals surface area contributed by atoms with Gasteiger partial charge in [-0.2, -0.15) is 5.10 Å². The number of benzene rings is 2. The van der Waals surface area contributed by atoms with Crippen molar-refractivity contribution >= 4 is 28.8 Å². The molecular formula is C19H19FN4S. The highest BCUT2D eigenvalue weighted by Gasteiger charge is 2.06. The lowest BCUT2D eigenvalue weighted by molar-refractivity contribution is 0.586. The van der Waals surface area contributed by atoms with Gasteiger partial charge < -0.3 is 10.6 Å². The van der Waals surface area contributed by atoms with Gasteiger partial charge in [0.1, 0.15) is 5.82 Å². The number of rotatable bonds is 4. The smallest absolute Gasteiger partial charge is 0.176 e. The highest BCUT2D eigenvalue weighted by molar-refractivity contribution is 7.80. The van der Waals surface area contributed by atoms with Gasteiger partial charge in [-0.05, 0) is 49.3 Å². The molecule has 1 heterocycles. The summed E-state index contributed by atoms with van der Waals surface area (Å²) >= 11 is 5.35. The van der Waals surface area contributed by atoms with Crippen molar-refractivity contribution in [3.8, 4) is 0 Å². The molecular weight excluding hydrogens is 335 g/mol. The number of thiocarbonyl (C=S) groups is 1. The number of hydrogen-bond acceptors (Lipinski definition) is 2. The third-order valence-electron chi connectivity index (χ3n) is 3.81. The van der Waals surface area contributed by atoms with E-state index in [2.05, 4.69) is 21.8 Å². The number of nitrogens with one attached hydrogen (secondary N) is 2. The lowest BCUT2D eigenvalue weighted by Gasteiger charge is -2.12. The molecule has 0 fully saturated rings. The molecule has 0 atom stereocenters. The maximum Gasteiger partial charge on any atom is 0.176 e. The van der Waals surface area contributed by atoms with Crippen LogP contribution in [0.3, 0.4) is 0 Å². The average molecular weight is 354 g/mol. The van der Waals surface area contributed by atoms with E-state index < -0.39 is 0 Å². The van der Waals surface area contributed by atoms with Crippen LogP contribution in [0, 0.1) is 19.7 Å². The second-order valence-electron chi connectivity index (χ2n) is 5.89. The molecule has 0 aliphatic rings. The zero-order valence-electron chi connectivity index (χ0n) is 14.1. The Bertz CT molecular complexity index is 904. The molecule has 0 bridgehead atoms. The van der Waals surface area contributed by atoms with Crippen LogP contribution in [0.4, 0.5) is 15.9 Å². The standard InChI is InChI=1S/C19H19FN4S/c1-13-7-8-14(2)17(11-13)21-19(25)22-18-9-10-24(23-18)12-15-5-3-4-6-16(15)20/h3-11H,12H2,1-2H3,(H2,21,22,23,25). The van der Waals surface area contributed by atoms with E-state index in [0.717, 1.165) is 16.8 Å². The van der Waals surface area contributed by atoms with Crippen LogP contribution in [-0.2, 0) is 6.54 Å². The van der Waals surface area contributed by atoms with Crippen LogP contribution in [0.1, 0.15) is 16.7 Å². The summed E-state index contributed by atoms with van der Waals surface area (Å²) in [5.41, 5.74) is 3.82. The van der Waals surface area contributed by atoms with E-state index in [1.807, 2.05) is 32.0 Å². The third kappa shape index (κ3) is 4.42. The first-order chi connectivity index (χ1) is 12.0. The van der Waals surface area contributed by atoms with Gasteiger partial charge in [-0.25, -0.2) is 4.39 Å². The van der Waals surface area contributed by atoms with Crippen LogP contribution < -0.4 is 10.6 Å². The lowest BCUT2D eigenvalue weighted by Crippen LogP contribution is -2.20. The summed E-state index contributed by atoms with van der Waals surface area (Å²) in [7, 11) is 0. The van der Waals surface area contributed by atoms with Crippen molar-refractivity contribution in [2.75, 3.05) is 10.6 Å². The maximum atomic E-state index is 13.7. The molecule has 6 heteroatoms. The minimum atomic E-state index is -0.236. The van der Waals surface area contributed by atoms with Gasteiger partial charge in [-0.1, -0.05) is 30.3 Å². The zero-order chi connectivity index (χ0) is 17.8. The number of anilines is 2. The van der Waals surface area contributed by atoms with Crippen LogP contribution in [0.5, 0.6) is 0 Å². The van der Waals surface area contributed by atoms with Gasteiger partial charge in [-0.15, -0.1) is 0 Å². The third-order valence-corrected chi connectivity index (χ3v) is 4.02. The number of hydrogen-bond donors (Lipinski definition) is 2. The van der Waals surface area contributed by atoms with E-state index in [9.17, 15) is 4.39 Å². The maximum absolute atomic E-state index is 13.7. The molecule has 0 aliphatic heterocycles. The molecule has 0 spiro atoms. The molecule has 4 nitrogen and oxygen atoms in total. The Morgan fingerprint density at radius 1 is 1.12 bits per heavy atom. The number of aryl methyl sites for hydroxylation is 2.